The van der Waals surface area contributed by atoms with E-state index in [1.807, 2.05) is 23.1 Å². The zero-order valence-electron chi connectivity index (χ0n) is 14.1. The highest BCUT2D eigenvalue weighted by Gasteiger charge is 2.44. The Kier molecular flexibility index (Phi) is 4.67. The number of hydrogen-bond donors (Lipinski definition) is 1. The van der Waals surface area contributed by atoms with E-state index >= 15 is 0 Å². The Bertz CT molecular complexity index is 561. The van der Waals surface area contributed by atoms with Crippen molar-refractivity contribution in [2.75, 3.05) is 51.2 Å². The van der Waals surface area contributed by atoms with Crippen molar-refractivity contribution in [3.63, 3.8) is 0 Å². The average molecular weight is 330 g/mol. The van der Waals surface area contributed by atoms with Crippen LogP contribution in [0.2, 0.25) is 0 Å². The predicted octanol–water partition coefficient (Wildman–Crippen LogP) is 1.06. The van der Waals surface area contributed by atoms with Gasteiger partial charge in [-0.3, -0.25) is 9.69 Å². The van der Waals surface area contributed by atoms with Gasteiger partial charge in [-0.25, -0.2) is 4.98 Å². The van der Waals surface area contributed by atoms with Crippen LogP contribution in [0.25, 0.3) is 0 Å². The molecule has 0 radical (unpaired) electrons. The van der Waals surface area contributed by atoms with Crippen LogP contribution in [-0.2, 0) is 9.53 Å². The van der Waals surface area contributed by atoms with E-state index in [9.17, 15) is 4.79 Å². The number of hydrogen-bond acceptors (Lipinski definition) is 5. The fourth-order valence-corrected chi connectivity index (χ4v) is 4.18. The number of ether oxygens (including phenoxy) is 1. The van der Waals surface area contributed by atoms with Crippen LogP contribution in [0.3, 0.4) is 0 Å². The number of amides is 1. The van der Waals surface area contributed by atoms with Crippen molar-refractivity contribution in [3.05, 3.63) is 24.4 Å². The summed E-state index contributed by atoms with van der Waals surface area (Å²) in [5.41, 5.74) is 0. The molecule has 0 unspecified atom stereocenters. The van der Waals surface area contributed by atoms with Crippen LogP contribution in [0.1, 0.15) is 12.8 Å². The van der Waals surface area contributed by atoms with Crippen molar-refractivity contribution < 1.29 is 9.53 Å². The third-order valence-corrected chi connectivity index (χ3v) is 5.54. The first kappa shape index (κ1) is 15.8. The predicted molar refractivity (Wildman–Crippen MR) is 91.7 cm³/mol. The highest BCUT2D eigenvalue weighted by Crippen LogP contribution is 2.33. The average Bonchev–Trinajstić information content (AvgIpc) is 3.31. The van der Waals surface area contributed by atoms with Gasteiger partial charge in [0.15, 0.2) is 0 Å². The Morgan fingerprint density at radius 3 is 2.96 bits per heavy atom. The molecule has 3 aliphatic heterocycles. The standard InChI is InChI=1S/C18H26N4O2/c23-18(22-7-3-4-8-22)12-21-10-15-14(13-24-16(15)11-21)9-20-17-5-1-2-6-19-17/h1-2,5-6,14-16H,3-4,7-13H2,(H,19,20)/t14-,15+,16+/m1/s1. The SMILES string of the molecule is O=C(CN1C[C@H]2[C@H](CNc3ccccn3)CO[C@H]2C1)N1CCCC1. The first-order valence-electron chi connectivity index (χ1n) is 9.06. The zero-order chi connectivity index (χ0) is 16.4. The van der Waals surface area contributed by atoms with Gasteiger partial charge in [-0.2, -0.15) is 0 Å². The number of rotatable bonds is 5. The Labute approximate surface area is 143 Å². The molecule has 3 fully saturated rings. The first-order chi connectivity index (χ1) is 11.8. The van der Waals surface area contributed by atoms with Gasteiger partial charge >= 0.3 is 0 Å². The van der Waals surface area contributed by atoms with Gasteiger partial charge in [0, 0.05) is 50.8 Å². The lowest BCUT2D eigenvalue weighted by Gasteiger charge is -2.22. The second-order valence-electron chi connectivity index (χ2n) is 7.17. The molecule has 0 saturated carbocycles. The third-order valence-electron chi connectivity index (χ3n) is 5.54. The van der Waals surface area contributed by atoms with Crippen LogP contribution >= 0.6 is 0 Å². The number of nitrogens with one attached hydrogen (secondary N) is 1. The van der Waals surface area contributed by atoms with Crippen LogP contribution in [0.4, 0.5) is 5.82 Å². The van der Waals surface area contributed by atoms with Gasteiger partial charge in [-0.1, -0.05) is 6.07 Å². The van der Waals surface area contributed by atoms with Gasteiger partial charge in [0.2, 0.25) is 5.91 Å². The normalized spacial score (nSPS) is 29.8. The molecule has 130 valence electrons. The molecule has 1 N–H and O–H groups in total. The second-order valence-corrected chi connectivity index (χ2v) is 7.17. The van der Waals surface area contributed by atoms with Crippen LogP contribution < -0.4 is 5.32 Å². The molecule has 0 spiro atoms. The molecule has 4 rings (SSSR count). The molecule has 3 saturated heterocycles. The van der Waals surface area contributed by atoms with Gasteiger partial charge in [0.1, 0.15) is 5.82 Å². The molecule has 1 aromatic rings. The number of carbonyl (C=O) groups is 1. The maximum Gasteiger partial charge on any atom is 0.236 e. The van der Waals surface area contributed by atoms with Crippen LogP contribution in [-0.4, -0.2) is 72.7 Å². The molecule has 1 aromatic heterocycles. The van der Waals surface area contributed by atoms with Gasteiger partial charge in [-0.15, -0.1) is 0 Å². The summed E-state index contributed by atoms with van der Waals surface area (Å²) < 4.78 is 5.99. The van der Waals surface area contributed by atoms with Gasteiger partial charge in [0.05, 0.1) is 19.3 Å². The fraction of sp³-hybridized carbons (Fsp3) is 0.667. The summed E-state index contributed by atoms with van der Waals surface area (Å²) in [6, 6.07) is 5.90. The lowest BCUT2D eigenvalue weighted by atomic mass is 9.93. The van der Waals surface area contributed by atoms with Crippen molar-refractivity contribution in [2.24, 2.45) is 11.8 Å². The molecule has 3 atom stereocenters. The van der Waals surface area contributed by atoms with Crippen LogP contribution in [0.15, 0.2) is 24.4 Å². The van der Waals surface area contributed by atoms with Gasteiger partial charge in [-0.05, 0) is 25.0 Å². The molecule has 24 heavy (non-hydrogen) atoms. The van der Waals surface area contributed by atoms with Crippen molar-refractivity contribution >= 4 is 11.7 Å². The van der Waals surface area contributed by atoms with E-state index in [2.05, 4.69) is 15.2 Å². The number of pyridine rings is 1. The first-order valence-corrected chi connectivity index (χ1v) is 9.06. The molecule has 6 nitrogen and oxygen atoms in total. The fourth-order valence-electron chi connectivity index (χ4n) is 4.18. The molecular formula is C18H26N4O2. The van der Waals surface area contributed by atoms with Gasteiger partial charge in [0.25, 0.3) is 0 Å². The van der Waals surface area contributed by atoms with Crippen LogP contribution in [0.5, 0.6) is 0 Å². The highest BCUT2D eigenvalue weighted by molar-refractivity contribution is 5.78. The van der Waals surface area contributed by atoms with E-state index in [0.29, 0.717) is 18.4 Å². The maximum atomic E-state index is 12.3. The quantitative estimate of drug-likeness (QED) is 0.875. The Morgan fingerprint density at radius 2 is 2.17 bits per heavy atom. The van der Waals surface area contributed by atoms with Crippen molar-refractivity contribution in [1.82, 2.24) is 14.8 Å². The lowest BCUT2D eigenvalue weighted by Crippen LogP contribution is -2.39. The molecule has 0 aliphatic carbocycles. The molecule has 4 heterocycles. The van der Waals surface area contributed by atoms with Crippen LogP contribution in [0, 0.1) is 11.8 Å². The maximum absolute atomic E-state index is 12.3. The number of likely N-dealkylation sites (tertiary alicyclic amines) is 2. The van der Waals surface area contributed by atoms with Crippen molar-refractivity contribution in [3.8, 4) is 0 Å². The minimum atomic E-state index is 0.284. The van der Waals surface area contributed by atoms with E-state index < -0.39 is 0 Å². The topological polar surface area (TPSA) is 57.7 Å². The molecule has 3 aliphatic rings. The Morgan fingerprint density at radius 1 is 1.29 bits per heavy atom. The monoisotopic (exact) mass is 330 g/mol. The molecule has 1 amide bonds. The molecule has 6 heteroatoms. The number of carbonyl (C=O) groups excluding carboxylic acids is 1. The second kappa shape index (κ2) is 7.07. The zero-order valence-corrected chi connectivity index (χ0v) is 14.1. The summed E-state index contributed by atoms with van der Waals surface area (Å²) in [6.07, 6.45) is 4.40. The summed E-state index contributed by atoms with van der Waals surface area (Å²) in [7, 11) is 0. The van der Waals surface area contributed by atoms with Crippen molar-refractivity contribution in [1.29, 1.82) is 0 Å². The van der Waals surface area contributed by atoms with Gasteiger partial charge < -0.3 is 15.0 Å². The van der Waals surface area contributed by atoms with E-state index in [4.69, 9.17) is 4.74 Å². The minimum absolute atomic E-state index is 0.284. The summed E-state index contributed by atoms with van der Waals surface area (Å²) in [5, 5.41) is 3.41. The summed E-state index contributed by atoms with van der Waals surface area (Å²) in [6.45, 7) is 5.98. The van der Waals surface area contributed by atoms with E-state index in [1.165, 1.54) is 0 Å². The van der Waals surface area contributed by atoms with Crippen molar-refractivity contribution in [2.45, 2.75) is 18.9 Å². The molecular weight excluding hydrogens is 304 g/mol. The number of anilines is 1. The molecule has 0 aromatic carbocycles. The number of nitrogens with zero attached hydrogens (tertiary/aromatic N) is 3. The van der Waals surface area contributed by atoms with E-state index in [1.54, 1.807) is 6.20 Å². The summed E-state index contributed by atoms with van der Waals surface area (Å²) in [5.74, 6) is 2.21. The number of fused-ring (bicyclic) bond motifs is 1. The minimum Gasteiger partial charge on any atom is -0.376 e. The number of aromatic nitrogens is 1. The summed E-state index contributed by atoms with van der Waals surface area (Å²) >= 11 is 0. The Balaban J connectivity index is 1.27. The van der Waals surface area contributed by atoms with E-state index in [0.717, 1.165) is 58.0 Å². The third kappa shape index (κ3) is 3.39. The summed E-state index contributed by atoms with van der Waals surface area (Å²) in [4.78, 5) is 20.9. The molecule has 0 bridgehead atoms. The largest absolute Gasteiger partial charge is 0.376 e. The smallest absolute Gasteiger partial charge is 0.236 e. The highest BCUT2D eigenvalue weighted by atomic mass is 16.5. The Hall–Kier alpha value is -1.66. The lowest BCUT2D eigenvalue weighted by molar-refractivity contribution is -0.131. The van der Waals surface area contributed by atoms with E-state index in [-0.39, 0.29) is 12.0 Å².